The summed E-state index contributed by atoms with van der Waals surface area (Å²) < 4.78 is 5.17. The van der Waals surface area contributed by atoms with Crippen LogP contribution in [0.5, 0.6) is 5.75 Å². The molecule has 3 aromatic rings. The Morgan fingerprint density at radius 2 is 1.65 bits per heavy atom. The highest BCUT2D eigenvalue weighted by atomic mass is 35.5. The van der Waals surface area contributed by atoms with Gasteiger partial charge in [-0.3, -0.25) is 4.79 Å². The first-order valence-electron chi connectivity index (χ1n) is 11.2. The van der Waals surface area contributed by atoms with Crippen molar-refractivity contribution in [1.29, 1.82) is 0 Å². The second kappa shape index (κ2) is 10.9. The van der Waals surface area contributed by atoms with Gasteiger partial charge in [0.2, 0.25) is 0 Å². The van der Waals surface area contributed by atoms with E-state index in [-0.39, 0.29) is 5.91 Å². The minimum absolute atomic E-state index is 0.218. The third kappa shape index (κ3) is 5.99. The third-order valence-electron chi connectivity index (χ3n) is 5.67. The summed E-state index contributed by atoms with van der Waals surface area (Å²) in [5.41, 5.74) is 3.54. The van der Waals surface area contributed by atoms with Gasteiger partial charge in [0.05, 0.1) is 18.5 Å². The molecule has 0 unspecified atom stereocenters. The second-order valence-corrected chi connectivity index (χ2v) is 8.48. The van der Waals surface area contributed by atoms with Crippen LogP contribution in [0.4, 0.5) is 21.9 Å². The minimum atomic E-state index is -0.390. The third-order valence-corrected chi connectivity index (χ3v) is 5.92. The Labute approximate surface area is 204 Å². The zero-order chi connectivity index (χ0) is 23.9. The van der Waals surface area contributed by atoms with E-state index in [0.717, 1.165) is 42.9 Å². The van der Waals surface area contributed by atoms with E-state index in [1.54, 1.807) is 43.5 Å². The Kier molecular flexibility index (Phi) is 7.54. The zero-order valence-corrected chi connectivity index (χ0v) is 19.7. The van der Waals surface area contributed by atoms with Crippen molar-refractivity contribution in [3.63, 3.8) is 0 Å². The molecule has 1 heterocycles. The molecule has 0 atom stereocenters. The molecule has 34 heavy (non-hydrogen) atoms. The Bertz CT molecular complexity index is 1140. The lowest BCUT2D eigenvalue weighted by molar-refractivity contribution is 0.0951. The van der Waals surface area contributed by atoms with Crippen molar-refractivity contribution in [3.8, 4) is 5.75 Å². The maximum atomic E-state index is 12.8. The van der Waals surface area contributed by atoms with Gasteiger partial charge in [-0.15, -0.1) is 0 Å². The molecule has 0 radical (unpaired) electrons. The van der Waals surface area contributed by atoms with Gasteiger partial charge < -0.3 is 25.6 Å². The average Bonchev–Trinajstić information content (AvgIpc) is 3.39. The number of nitrogens with zero attached hydrogens (tertiary/aromatic N) is 1. The Morgan fingerprint density at radius 3 is 2.32 bits per heavy atom. The lowest BCUT2D eigenvalue weighted by Gasteiger charge is -2.22. The number of benzene rings is 3. The summed E-state index contributed by atoms with van der Waals surface area (Å²) in [6, 6.07) is 19.4. The van der Waals surface area contributed by atoms with Gasteiger partial charge in [0.25, 0.3) is 5.91 Å². The molecule has 0 bridgehead atoms. The average molecular weight is 479 g/mol. The van der Waals surface area contributed by atoms with E-state index < -0.39 is 6.03 Å². The van der Waals surface area contributed by atoms with Crippen molar-refractivity contribution >= 4 is 40.6 Å². The molecule has 0 aromatic heterocycles. The van der Waals surface area contributed by atoms with Crippen molar-refractivity contribution in [2.75, 3.05) is 35.7 Å². The molecular weight excluding hydrogens is 452 g/mol. The summed E-state index contributed by atoms with van der Waals surface area (Å²) in [6.07, 6.45) is 2.20. The van der Waals surface area contributed by atoms with Crippen LogP contribution in [0.2, 0.25) is 5.02 Å². The Balaban J connectivity index is 1.48. The summed E-state index contributed by atoms with van der Waals surface area (Å²) >= 11 is 5.92. The fraction of sp³-hybridized carbons (Fsp3) is 0.231. The molecule has 3 amide bonds. The minimum Gasteiger partial charge on any atom is -0.497 e. The second-order valence-electron chi connectivity index (χ2n) is 8.04. The standard InChI is InChI=1S/C26H27ClN4O3/c1-34-22-11-4-18(5-12-22)17-28-25(32)19-6-13-24(31-14-2-3-15-31)23(16-19)30-26(33)29-21-9-7-20(27)8-10-21/h4-13,16H,2-3,14-15,17H2,1H3,(H,28,32)(H2,29,30,33). The molecule has 8 heteroatoms. The van der Waals surface area contributed by atoms with Crippen molar-refractivity contribution in [1.82, 2.24) is 5.32 Å². The van der Waals surface area contributed by atoms with Crippen LogP contribution in [0.1, 0.15) is 28.8 Å². The zero-order valence-electron chi connectivity index (χ0n) is 18.9. The number of hydrogen-bond acceptors (Lipinski definition) is 4. The number of halogens is 1. The predicted molar refractivity (Wildman–Crippen MR) is 136 cm³/mol. The van der Waals surface area contributed by atoms with E-state index in [9.17, 15) is 9.59 Å². The highest BCUT2D eigenvalue weighted by Crippen LogP contribution is 2.30. The largest absolute Gasteiger partial charge is 0.497 e. The quantitative estimate of drug-likeness (QED) is 0.417. The fourth-order valence-electron chi connectivity index (χ4n) is 3.86. The summed E-state index contributed by atoms with van der Waals surface area (Å²) in [5, 5.41) is 9.24. The highest BCUT2D eigenvalue weighted by molar-refractivity contribution is 6.30. The molecule has 1 saturated heterocycles. The van der Waals surface area contributed by atoms with Gasteiger partial charge in [-0.2, -0.15) is 0 Å². The molecule has 3 N–H and O–H groups in total. The first-order valence-corrected chi connectivity index (χ1v) is 11.5. The van der Waals surface area contributed by atoms with Crippen LogP contribution in [-0.4, -0.2) is 32.1 Å². The Morgan fingerprint density at radius 1 is 0.941 bits per heavy atom. The van der Waals surface area contributed by atoms with E-state index >= 15 is 0 Å². The molecule has 1 aliphatic rings. The predicted octanol–water partition coefficient (Wildman–Crippen LogP) is 5.52. The lowest BCUT2D eigenvalue weighted by atomic mass is 10.1. The van der Waals surface area contributed by atoms with Crippen molar-refractivity contribution in [2.45, 2.75) is 19.4 Å². The fourth-order valence-corrected chi connectivity index (χ4v) is 3.98. The SMILES string of the molecule is COc1ccc(CNC(=O)c2ccc(N3CCCC3)c(NC(=O)Nc3ccc(Cl)cc3)c2)cc1. The van der Waals surface area contributed by atoms with Crippen LogP contribution < -0.4 is 25.6 Å². The molecular formula is C26H27ClN4O3. The van der Waals surface area contributed by atoms with Crippen LogP contribution in [0.3, 0.4) is 0 Å². The molecule has 0 aliphatic carbocycles. The Hall–Kier alpha value is -3.71. The van der Waals surface area contributed by atoms with E-state index in [1.165, 1.54) is 0 Å². The molecule has 4 rings (SSSR count). The number of nitrogens with one attached hydrogen (secondary N) is 3. The van der Waals surface area contributed by atoms with Crippen LogP contribution in [0.25, 0.3) is 0 Å². The number of ether oxygens (including phenoxy) is 1. The van der Waals surface area contributed by atoms with E-state index in [0.29, 0.717) is 28.5 Å². The van der Waals surface area contributed by atoms with Gasteiger partial charge in [-0.05, 0) is 73.0 Å². The number of urea groups is 1. The van der Waals surface area contributed by atoms with Gasteiger partial charge in [-0.25, -0.2) is 4.79 Å². The smallest absolute Gasteiger partial charge is 0.323 e. The highest BCUT2D eigenvalue weighted by Gasteiger charge is 2.19. The lowest BCUT2D eigenvalue weighted by Crippen LogP contribution is -2.26. The monoisotopic (exact) mass is 478 g/mol. The van der Waals surface area contributed by atoms with E-state index in [1.807, 2.05) is 30.3 Å². The number of amides is 3. The van der Waals surface area contributed by atoms with Gasteiger partial charge in [0.15, 0.2) is 0 Å². The summed E-state index contributed by atoms with van der Waals surface area (Å²) in [4.78, 5) is 27.8. The van der Waals surface area contributed by atoms with Crippen molar-refractivity contribution < 1.29 is 14.3 Å². The van der Waals surface area contributed by atoms with Crippen LogP contribution in [0.15, 0.2) is 66.7 Å². The number of carbonyl (C=O) groups is 2. The van der Waals surface area contributed by atoms with Crippen LogP contribution in [0, 0.1) is 0 Å². The number of carbonyl (C=O) groups excluding carboxylic acids is 2. The number of rotatable bonds is 7. The van der Waals surface area contributed by atoms with Crippen LogP contribution in [-0.2, 0) is 6.54 Å². The van der Waals surface area contributed by atoms with E-state index in [4.69, 9.17) is 16.3 Å². The normalized spacial score (nSPS) is 12.8. The van der Waals surface area contributed by atoms with Gasteiger partial charge in [0.1, 0.15) is 5.75 Å². The first-order chi connectivity index (χ1) is 16.5. The molecule has 0 saturated carbocycles. The molecule has 7 nitrogen and oxygen atoms in total. The van der Waals surface area contributed by atoms with Crippen molar-refractivity contribution in [2.24, 2.45) is 0 Å². The first kappa shape index (κ1) is 23.4. The topological polar surface area (TPSA) is 82.7 Å². The summed E-state index contributed by atoms with van der Waals surface area (Å²) in [6.45, 7) is 2.21. The molecule has 3 aromatic carbocycles. The number of methoxy groups -OCH3 is 1. The van der Waals surface area contributed by atoms with E-state index in [2.05, 4.69) is 20.9 Å². The van der Waals surface area contributed by atoms with Gasteiger partial charge in [0, 0.05) is 35.9 Å². The maximum Gasteiger partial charge on any atom is 0.323 e. The molecule has 176 valence electrons. The van der Waals surface area contributed by atoms with Crippen LogP contribution >= 0.6 is 11.6 Å². The molecule has 1 aliphatic heterocycles. The molecule has 0 spiro atoms. The van der Waals surface area contributed by atoms with Gasteiger partial charge in [-0.1, -0.05) is 23.7 Å². The van der Waals surface area contributed by atoms with Crippen molar-refractivity contribution in [3.05, 3.63) is 82.9 Å². The number of hydrogen-bond donors (Lipinski definition) is 3. The summed E-state index contributed by atoms with van der Waals surface area (Å²) in [7, 11) is 1.62. The molecule has 1 fully saturated rings. The summed E-state index contributed by atoms with van der Waals surface area (Å²) in [5.74, 6) is 0.546. The van der Waals surface area contributed by atoms with Gasteiger partial charge >= 0.3 is 6.03 Å². The number of anilines is 3. The maximum absolute atomic E-state index is 12.8.